The predicted molar refractivity (Wildman–Crippen MR) is 215 cm³/mol. The SMILES string of the molecule is CC/C=C\C/C=C\C/C=C\CC(=O)OC(COC(=O)CCCC/C=C\C/C=C\CC)COC(=O)CCCCCCCCCCCCCCCCC. The van der Waals surface area contributed by atoms with Crippen LogP contribution in [0.1, 0.15) is 188 Å². The van der Waals surface area contributed by atoms with Gasteiger partial charge in [-0.3, -0.25) is 14.4 Å². The Morgan fingerprint density at radius 3 is 1.29 bits per heavy atom. The summed E-state index contributed by atoms with van der Waals surface area (Å²) in [5.41, 5.74) is 0. The molecule has 0 rings (SSSR count). The number of hydrogen-bond acceptors (Lipinski definition) is 6. The molecule has 0 aliphatic carbocycles. The van der Waals surface area contributed by atoms with E-state index < -0.39 is 12.1 Å². The molecule has 6 nitrogen and oxygen atoms in total. The molecule has 0 N–H and O–H groups in total. The topological polar surface area (TPSA) is 78.9 Å². The minimum atomic E-state index is -0.829. The number of ether oxygens (including phenoxy) is 3. The zero-order valence-electron chi connectivity index (χ0n) is 33.1. The Balaban J connectivity index is 4.40. The molecule has 51 heavy (non-hydrogen) atoms. The highest BCUT2D eigenvalue weighted by molar-refractivity contribution is 5.72. The molecule has 1 unspecified atom stereocenters. The molecular formula is C45H76O6. The fourth-order valence-corrected chi connectivity index (χ4v) is 5.48. The van der Waals surface area contributed by atoms with E-state index in [9.17, 15) is 14.4 Å². The van der Waals surface area contributed by atoms with E-state index in [-0.39, 0.29) is 31.6 Å². The second-order valence-corrected chi connectivity index (χ2v) is 13.5. The second-order valence-electron chi connectivity index (χ2n) is 13.5. The van der Waals surface area contributed by atoms with E-state index in [0.717, 1.165) is 70.6 Å². The van der Waals surface area contributed by atoms with Crippen LogP contribution < -0.4 is 0 Å². The van der Waals surface area contributed by atoms with Gasteiger partial charge < -0.3 is 14.2 Å². The summed E-state index contributed by atoms with van der Waals surface area (Å²) in [6.07, 6.45) is 46.8. The van der Waals surface area contributed by atoms with Crippen LogP contribution in [-0.4, -0.2) is 37.2 Å². The standard InChI is InChI=1S/C45H76O6/c1-4-7-10-13-16-19-20-21-22-23-24-27-29-32-35-38-44(47)50-41-42(51-45(48)39-36-33-30-26-18-15-12-9-6-3)40-49-43(46)37-34-31-28-25-17-14-11-8-5-2/h8-9,11-12,17-18,25-26,33,36,42H,4-7,10,13-16,19-24,27-32,34-35,37-41H2,1-3H3/b11-8-,12-9-,25-17-,26-18-,36-33-. The lowest BCUT2D eigenvalue weighted by Gasteiger charge is -2.18. The first-order chi connectivity index (χ1) is 25.0. The van der Waals surface area contributed by atoms with Gasteiger partial charge in [-0.1, -0.05) is 171 Å². The summed E-state index contributed by atoms with van der Waals surface area (Å²) in [5, 5.41) is 0. The predicted octanol–water partition coefficient (Wildman–Crippen LogP) is 13.0. The molecule has 0 fully saturated rings. The minimum Gasteiger partial charge on any atom is -0.462 e. The Morgan fingerprint density at radius 1 is 0.431 bits per heavy atom. The van der Waals surface area contributed by atoms with Gasteiger partial charge in [0, 0.05) is 12.8 Å². The lowest BCUT2D eigenvalue weighted by molar-refractivity contribution is -0.166. The monoisotopic (exact) mass is 713 g/mol. The van der Waals surface area contributed by atoms with Crippen LogP contribution in [0.5, 0.6) is 0 Å². The van der Waals surface area contributed by atoms with Gasteiger partial charge in [0.05, 0.1) is 6.42 Å². The number of carbonyl (C=O) groups excluding carboxylic acids is 3. The van der Waals surface area contributed by atoms with Crippen molar-refractivity contribution in [1.82, 2.24) is 0 Å². The Bertz CT molecular complexity index is 960. The van der Waals surface area contributed by atoms with Crippen LogP contribution >= 0.6 is 0 Å². The largest absolute Gasteiger partial charge is 0.462 e. The zero-order chi connectivity index (χ0) is 37.3. The summed E-state index contributed by atoms with van der Waals surface area (Å²) in [6.45, 7) is 6.25. The van der Waals surface area contributed by atoms with Crippen LogP contribution in [0, 0.1) is 0 Å². The highest BCUT2D eigenvalue weighted by Crippen LogP contribution is 2.14. The van der Waals surface area contributed by atoms with Crippen molar-refractivity contribution in [2.45, 2.75) is 194 Å². The fourth-order valence-electron chi connectivity index (χ4n) is 5.48. The van der Waals surface area contributed by atoms with Gasteiger partial charge in [0.2, 0.25) is 0 Å². The van der Waals surface area contributed by atoms with Gasteiger partial charge in [-0.2, -0.15) is 0 Å². The molecule has 0 aromatic heterocycles. The van der Waals surface area contributed by atoms with E-state index in [2.05, 4.69) is 69.4 Å². The second kappa shape index (κ2) is 39.9. The van der Waals surface area contributed by atoms with Crippen molar-refractivity contribution in [2.24, 2.45) is 0 Å². The molecule has 0 aliphatic rings. The van der Waals surface area contributed by atoms with Crippen molar-refractivity contribution in [1.29, 1.82) is 0 Å². The van der Waals surface area contributed by atoms with E-state index in [1.807, 2.05) is 6.08 Å². The maximum Gasteiger partial charge on any atom is 0.310 e. The quantitative estimate of drug-likeness (QED) is 0.0278. The van der Waals surface area contributed by atoms with Crippen molar-refractivity contribution < 1.29 is 28.6 Å². The lowest BCUT2D eigenvalue weighted by Crippen LogP contribution is -2.30. The molecule has 0 aromatic rings. The molecule has 1 atom stereocenters. The molecule has 6 heteroatoms. The molecule has 0 heterocycles. The summed E-state index contributed by atoms with van der Waals surface area (Å²) in [5.74, 6) is -1.09. The Labute approximate surface area is 313 Å². The van der Waals surface area contributed by atoms with Crippen molar-refractivity contribution in [3.05, 3.63) is 60.8 Å². The van der Waals surface area contributed by atoms with Gasteiger partial charge in [-0.05, 0) is 57.8 Å². The first-order valence-electron chi connectivity index (χ1n) is 20.8. The third kappa shape index (κ3) is 38.2. The van der Waals surface area contributed by atoms with E-state index in [0.29, 0.717) is 12.8 Å². The van der Waals surface area contributed by atoms with Crippen LogP contribution in [0.15, 0.2) is 60.8 Å². The van der Waals surface area contributed by atoms with Gasteiger partial charge in [-0.15, -0.1) is 0 Å². The number of hydrogen-bond donors (Lipinski definition) is 0. The van der Waals surface area contributed by atoms with Crippen LogP contribution in [0.2, 0.25) is 0 Å². The van der Waals surface area contributed by atoms with Crippen molar-refractivity contribution in [3.63, 3.8) is 0 Å². The zero-order valence-corrected chi connectivity index (χ0v) is 33.1. The highest BCUT2D eigenvalue weighted by Gasteiger charge is 2.19. The Morgan fingerprint density at radius 2 is 0.824 bits per heavy atom. The van der Waals surface area contributed by atoms with Crippen molar-refractivity contribution >= 4 is 17.9 Å². The van der Waals surface area contributed by atoms with Crippen molar-refractivity contribution in [2.75, 3.05) is 13.2 Å². The van der Waals surface area contributed by atoms with E-state index in [1.165, 1.54) is 77.0 Å². The number of carbonyl (C=O) groups is 3. The first-order valence-corrected chi connectivity index (χ1v) is 20.8. The van der Waals surface area contributed by atoms with Gasteiger partial charge in [0.25, 0.3) is 0 Å². The number of esters is 3. The minimum absolute atomic E-state index is 0.100. The maximum absolute atomic E-state index is 12.5. The Hall–Kier alpha value is -2.89. The van der Waals surface area contributed by atoms with Gasteiger partial charge in [0.1, 0.15) is 13.2 Å². The average molecular weight is 713 g/mol. The maximum atomic E-state index is 12.5. The molecule has 0 bridgehead atoms. The van der Waals surface area contributed by atoms with Gasteiger partial charge in [0.15, 0.2) is 6.10 Å². The normalized spacial score (nSPS) is 12.6. The molecule has 292 valence electrons. The summed E-state index contributed by atoms with van der Waals surface area (Å²) < 4.78 is 16.5. The number of allylic oxidation sites excluding steroid dienone is 9. The molecule has 0 spiro atoms. The lowest BCUT2D eigenvalue weighted by atomic mass is 10.0. The third-order valence-corrected chi connectivity index (χ3v) is 8.55. The van der Waals surface area contributed by atoms with Gasteiger partial charge >= 0.3 is 17.9 Å². The average Bonchev–Trinajstić information content (AvgIpc) is 3.12. The number of rotatable bonds is 36. The first kappa shape index (κ1) is 48.1. The molecule has 0 amide bonds. The summed E-state index contributed by atoms with van der Waals surface area (Å²) >= 11 is 0. The molecule has 0 saturated carbocycles. The van der Waals surface area contributed by atoms with Crippen LogP contribution in [0.25, 0.3) is 0 Å². The molecule has 0 radical (unpaired) electrons. The number of unbranched alkanes of at least 4 members (excludes halogenated alkanes) is 16. The summed E-state index contributed by atoms with van der Waals surface area (Å²) in [6, 6.07) is 0. The van der Waals surface area contributed by atoms with E-state index in [4.69, 9.17) is 14.2 Å². The smallest absolute Gasteiger partial charge is 0.310 e. The molecule has 0 aliphatic heterocycles. The highest BCUT2D eigenvalue weighted by atomic mass is 16.6. The van der Waals surface area contributed by atoms with E-state index in [1.54, 1.807) is 6.08 Å². The third-order valence-electron chi connectivity index (χ3n) is 8.55. The van der Waals surface area contributed by atoms with Crippen molar-refractivity contribution in [3.8, 4) is 0 Å². The van der Waals surface area contributed by atoms with Gasteiger partial charge in [-0.25, -0.2) is 0 Å². The molecular weight excluding hydrogens is 636 g/mol. The molecule has 0 saturated heterocycles. The van der Waals surface area contributed by atoms with E-state index >= 15 is 0 Å². The summed E-state index contributed by atoms with van der Waals surface area (Å²) in [4.78, 5) is 37.4. The van der Waals surface area contributed by atoms with Crippen LogP contribution in [-0.2, 0) is 28.6 Å². The fraction of sp³-hybridized carbons (Fsp3) is 0.711. The molecule has 0 aromatic carbocycles. The van der Waals surface area contributed by atoms with Crippen LogP contribution in [0.4, 0.5) is 0 Å². The Kier molecular flexibility index (Phi) is 37.6. The van der Waals surface area contributed by atoms with Crippen LogP contribution in [0.3, 0.4) is 0 Å². The summed E-state index contributed by atoms with van der Waals surface area (Å²) in [7, 11) is 0.